The molecule has 1 aliphatic rings. The van der Waals surface area contributed by atoms with E-state index in [0.717, 1.165) is 38.9 Å². The van der Waals surface area contributed by atoms with Crippen LogP contribution in [0.2, 0.25) is 0 Å². The normalized spacial score (nSPS) is 17.4. The largest absolute Gasteiger partial charge is 0.338 e. The van der Waals surface area contributed by atoms with E-state index in [4.69, 9.17) is 5.73 Å². The van der Waals surface area contributed by atoms with Gasteiger partial charge in [0.2, 0.25) is 5.91 Å². The Morgan fingerprint density at radius 1 is 1.19 bits per heavy atom. The van der Waals surface area contributed by atoms with Crippen LogP contribution in [0.4, 0.5) is 0 Å². The summed E-state index contributed by atoms with van der Waals surface area (Å²) in [6, 6.07) is 0.493. The Hall–Kier alpha value is -0.610. The van der Waals surface area contributed by atoms with Crippen LogP contribution >= 0.6 is 0 Å². The lowest BCUT2D eigenvalue weighted by atomic mass is 9.96. The Labute approximate surface area is 131 Å². The fraction of sp³-hybridized carbons (Fsp3) is 0.941. The van der Waals surface area contributed by atoms with Gasteiger partial charge in [0.05, 0.1) is 0 Å². The van der Waals surface area contributed by atoms with Gasteiger partial charge in [-0.05, 0) is 52.2 Å². The number of hydrogen-bond donors (Lipinski definition) is 1. The number of carbonyl (C=O) groups is 1. The Morgan fingerprint density at radius 2 is 1.86 bits per heavy atom. The lowest BCUT2D eigenvalue weighted by molar-refractivity contribution is -0.134. The van der Waals surface area contributed by atoms with Crippen molar-refractivity contribution < 1.29 is 4.79 Å². The molecule has 0 bridgehead atoms. The zero-order chi connectivity index (χ0) is 15.7. The first-order chi connectivity index (χ1) is 10.1. The van der Waals surface area contributed by atoms with Gasteiger partial charge in [0.1, 0.15) is 0 Å². The van der Waals surface area contributed by atoms with E-state index in [-0.39, 0.29) is 0 Å². The number of likely N-dealkylation sites (N-methyl/N-ethyl adjacent to an activating group) is 1. The zero-order valence-corrected chi connectivity index (χ0v) is 14.3. The molecule has 1 fully saturated rings. The van der Waals surface area contributed by atoms with Crippen LogP contribution in [0, 0.1) is 5.92 Å². The summed E-state index contributed by atoms with van der Waals surface area (Å²) in [7, 11) is 4.15. The first kappa shape index (κ1) is 18.4. The minimum atomic E-state index is 0.360. The Morgan fingerprint density at radius 3 is 2.38 bits per heavy atom. The lowest BCUT2D eigenvalue weighted by Gasteiger charge is -2.31. The first-order valence-corrected chi connectivity index (χ1v) is 8.72. The number of nitrogens with zero attached hydrogens (tertiary/aromatic N) is 2. The Bertz CT molecular complexity index is 288. The average molecular weight is 297 g/mol. The molecule has 1 saturated carbocycles. The molecule has 1 unspecified atom stereocenters. The van der Waals surface area contributed by atoms with Crippen LogP contribution in [0.3, 0.4) is 0 Å². The standard InChI is InChI=1S/C17H35N3O/c1-4-15(11-12-18)9-10-17(21)20(14-13-19(2)3)16-7-5-6-8-16/h15-16H,4-14,18H2,1-3H3. The topological polar surface area (TPSA) is 49.6 Å². The third-order valence-electron chi connectivity index (χ3n) is 4.79. The molecular weight excluding hydrogens is 262 g/mol. The van der Waals surface area contributed by atoms with E-state index >= 15 is 0 Å². The van der Waals surface area contributed by atoms with Crippen LogP contribution in [-0.4, -0.2) is 55.5 Å². The van der Waals surface area contributed by atoms with E-state index in [1.807, 2.05) is 0 Å². The molecule has 0 saturated heterocycles. The van der Waals surface area contributed by atoms with Crippen LogP contribution in [0.1, 0.15) is 58.3 Å². The first-order valence-electron chi connectivity index (χ1n) is 8.72. The Balaban J connectivity index is 2.49. The highest BCUT2D eigenvalue weighted by molar-refractivity contribution is 5.76. The smallest absolute Gasteiger partial charge is 0.222 e. The molecule has 0 aromatic rings. The van der Waals surface area contributed by atoms with Gasteiger partial charge < -0.3 is 15.5 Å². The zero-order valence-electron chi connectivity index (χ0n) is 14.3. The van der Waals surface area contributed by atoms with E-state index in [1.165, 1.54) is 25.7 Å². The van der Waals surface area contributed by atoms with Gasteiger partial charge in [-0.15, -0.1) is 0 Å². The molecule has 2 N–H and O–H groups in total. The second-order valence-electron chi connectivity index (χ2n) is 6.72. The fourth-order valence-corrected chi connectivity index (χ4v) is 3.29. The highest BCUT2D eigenvalue weighted by Gasteiger charge is 2.26. The molecule has 0 aromatic heterocycles. The van der Waals surface area contributed by atoms with Gasteiger partial charge in [-0.1, -0.05) is 26.2 Å². The van der Waals surface area contributed by atoms with Gasteiger partial charge in [-0.25, -0.2) is 0 Å². The van der Waals surface area contributed by atoms with Crippen LogP contribution in [0.5, 0.6) is 0 Å². The van der Waals surface area contributed by atoms with Crippen molar-refractivity contribution in [2.24, 2.45) is 11.7 Å². The molecule has 0 heterocycles. The van der Waals surface area contributed by atoms with E-state index < -0.39 is 0 Å². The maximum absolute atomic E-state index is 12.6. The summed E-state index contributed by atoms with van der Waals surface area (Å²) in [4.78, 5) is 17.0. The van der Waals surface area contributed by atoms with Crippen LogP contribution in [-0.2, 0) is 4.79 Å². The molecule has 1 rings (SSSR count). The van der Waals surface area contributed by atoms with Crippen LogP contribution in [0.15, 0.2) is 0 Å². The predicted molar refractivity (Wildman–Crippen MR) is 89.2 cm³/mol. The van der Waals surface area contributed by atoms with Gasteiger partial charge in [0, 0.05) is 25.6 Å². The van der Waals surface area contributed by atoms with Gasteiger partial charge in [-0.3, -0.25) is 4.79 Å². The molecule has 4 nitrogen and oxygen atoms in total. The van der Waals surface area contributed by atoms with Gasteiger partial charge in [0.15, 0.2) is 0 Å². The number of nitrogens with two attached hydrogens (primary N) is 1. The van der Waals surface area contributed by atoms with Crippen LogP contribution < -0.4 is 5.73 Å². The van der Waals surface area contributed by atoms with Crippen molar-refractivity contribution in [3.8, 4) is 0 Å². The number of rotatable bonds is 10. The van der Waals surface area contributed by atoms with Crippen molar-refractivity contribution >= 4 is 5.91 Å². The number of amides is 1. The molecule has 124 valence electrons. The second-order valence-corrected chi connectivity index (χ2v) is 6.72. The lowest BCUT2D eigenvalue weighted by Crippen LogP contribution is -2.42. The number of carbonyl (C=O) groups excluding carboxylic acids is 1. The molecular formula is C17H35N3O. The van der Waals surface area contributed by atoms with E-state index in [9.17, 15) is 4.79 Å². The highest BCUT2D eigenvalue weighted by atomic mass is 16.2. The highest BCUT2D eigenvalue weighted by Crippen LogP contribution is 2.25. The SMILES string of the molecule is CCC(CCN)CCC(=O)N(CCN(C)C)C1CCCC1. The molecule has 21 heavy (non-hydrogen) atoms. The molecule has 0 radical (unpaired) electrons. The monoisotopic (exact) mass is 297 g/mol. The summed E-state index contributed by atoms with van der Waals surface area (Å²) in [5.41, 5.74) is 5.65. The summed E-state index contributed by atoms with van der Waals surface area (Å²) < 4.78 is 0. The van der Waals surface area contributed by atoms with Gasteiger partial charge >= 0.3 is 0 Å². The quantitative estimate of drug-likeness (QED) is 0.674. The van der Waals surface area contributed by atoms with Crippen LogP contribution in [0.25, 0.3) is 0 Å². The molecule has 1 aliphatic carbocycles. The third kappa shape index (κ3) is 6.79. The van der Waals surface area contributed by atoms with Gasteiger partial charge in [-0.2, -0.15) is 0 Å². The molecule has 0 aromatic carbocycles. The molecule has 4 heteroatoms. The maximum atomic E-state index is 12.6. The van der Waals surface area contributed by atoms with Crippen molar-refractivity contribution in [2.45, 2.75) is 64.3 Å². The van der Waals surface area contributed by atoms with Crippen molar-refractivity contribution in [1.82, 2.24) is 9.80 Å². The predicted octanol–water partition coefficient (Wildman–Crippen LogP) is 2.47. The molecule has 1 amide bonds. The van der Waals surface area contributed by atoms with E-state index in [1.54, 1.807) is 0 Å². The van der Waals surface area contributed by atoms with Crippen molar-refractivity contribution in [1.29, 1.82) is 0 Å². The molecule has 0 aliphatic heterocycles. The second kappa shape index (κ2) is 10.2. The van der Waals surface area contributed by atoms with Crippen molar-refractivity contribution in [3.05, 3.63) is 0 Å². The summed E-state index contributed by atoms with van der Waals surface area (Å²) in [6.07, 6.45) is 8.82. The summed E-state index contributed by atoms with van der Waals surface area (Å²) >= 11 is 0. The van der Waals surface area contributed by atoms with E-state index in [0.29, 0.717) is 24.3 Å². The fourth-order valence-electron chi connectivity index (χ4n) is 3.29. The summed E-state index contributed by atoms with van der Waals surface area (Å²) in [5.74, 6) is 0.970. The number of hydrogen-bond acceptors (Lipinski definition) is 3. The average Bonchev–Trinajstić information content (AvgIpc) is 2.97. The van der Waals surface area contributed by atoms with Gasteiger partial charge in [0.25, 0.3) is 0 Å². The summed E-state index contributed by atoms with van der Waals surface area (Å²) in [5, 5.41) is 0. The molecule has 0 spiro atoms. The minimum absolute atomic E-state index is 0.360. The maximum Gasteiger partial charge on any atom is 0.222 e. The van der Waals surface area contributed by atoms with Crippen molar-refractivity contribution in [3.63, 3.8) is 0 Å². The molecule has 1 atom stereocenters. The summed E-state index contributed by atoms with van der Waals surface area (Å²) in [6.45, 7) is 4.78. The Kier molecular flexibility index (Phi) is 8.93. The van der Waals surface area contributed by atoms with Crippen molar-refractivity contribution in [2.75, 3.05) is 33.7 Å². The minimum Gasteiger partial charge on any atom is -0.338 e. The third-order valence-corrected chi connectivity index (χ3v) is 4.79. The van der Waals surface area contributed by atoms with E-state index in [2.05, 4.69) is 30.8 Å².